The van der Waals surface area contributed by atoms with Gasteiger partial charge in [0, 0.05) is 6.92 Å². The lowest BCUT2D eigenvalue weighted by molar-refractivity contribution is -0.154. The van der Waals surface area contributed by atoms with Crippen LogP contribution in [0, 0.1) is 0 Å². The first-order chi connectivity index (χ1) is 13.2. The van der Waals surface area contributed by atoms with E-state index in [1.54, 1.807) is 7.11 Å². The number of ether oxygens (including phenoxy) is 4. The van der Waals surface area contributed by atoms with E-state index in [1.807, 2.05) is 66.7 Å². The normalized spacial score (nSPS) is 21.6. The Bertz CT molecular complexity index is 771. The zero-order valence-corrected chi connectivity index (χ0v) is 15.5. The van der Waals surface area contributed by atoms with Crippen LogP contribution in [0.15, 0.2) is 66.7 Å². The summed E-state index contributed by atoms with van der Waals surface area (Å²) in [4.78, 5) is 11.2. The average molecular weight is 368 g/mol. The Morgan fingerprint density at radius 3 is 2.63 bits per heavy atom. The molecule has 1 aliphatic rings. The van der Waals surface area contributed by atoms with Crippen LogP contribution >= 0.6 is 0 Å². The van der Waals surface area contributed by atoms with Crippen molar-refractivity contribution in [2.24, 2.45) is 0 Å². The van der Waals surface area contributed by atoms with Gasteiger partial charge in [0.05, 0.1) is 13.7 Å². The van der Waals surface area contributed by atoms with Crippen LogP contribution in [-0.4, -0.2) is 31.9 Å². The van der Waals surface area contributed by atoms with Crippen LogP contribution in [0.3, 0.4) is 0 Å². The van der Waals surface area contributed by atoms with Crippen LogP contribution in [-0.2, 0) is 25.6 Å². The third kappa shape index (κ3) is 5.42. The van der Waals surface area contributed by atoms with Gasteiger partial charge < -0.3 is 18.9 Å². The van der Waals surface area contributed by atoms with E-state index >= 15 is 0 Å². The number of hydrogen-bond acceptors (Lipinski definition) is 5. The van der Waals surface area contributed by atoms with E-state index in [1.165, 1.54) is 6.92 Å². The molecule has 0 amide bonds. The molecule has 0 saturated carbocycles. The summed E-state index contributed by atoms with van der Waals surface area (Å²) < 4.78 is 22.6. The molecule has 142 valence electrons. The van der Waals surface area contributed by atoms with E-state index in [0.717, 1.165) is 16.9 Å². The summed E-state index contributed by atoms with van der Waals surface area (Å²) in [5.74, 6) is 0.447. The van der Waals surface area contributed by atoms with Crippen molar-refractivity contribution in [3.63, 3.8) is 0 Å². The lowest BCUT2D eigenvalue weighted by atomic mass is 10.0. The standard InChI is InChI=1S/C22H24O5/c1-16(23)25-15-22-21(26-14-17-7-6-10-19(13-17)24-2)12-11-20(27-22)18-8-4-3-5-9-18/h3-13,20-22H,14-15H2,1-2H3/t20-,21-,22+/m0/s1. The molecule has 1 aliphatic heterocycles. The zero-order valence-electron chi connectivity index (χ0n) is 15.5. The Morgan fingerprint density at radius 1 is 1.07 bits per heavy atom. The monoisotopic (exact) mass is 368 g/mol. The molecule has 5 heteroatoms. The van der Waals surface area contributed by atoms with Gasteiger partial charge in [-0.1, -0.05) is 54.6 Å². The molecule has 0 aliphatic carbocycles. The highest BCUT2D eigenvalue weighted by atomic mass is 16.6. The molecule has 0 radical (unpaired) electrons. The van der Waals surface area contributed by atoms with E-state index < -0.39 is 0 Å². The lowest BCUT2D eigenvalue weighted by Crippen LogP contribution is -2.38. The van der Waals surface area contributed by atoms with E-state index in [2.05, 4.69) is 0 Å². The molecule has 27 heavy (non-hydrogen) atoms. The Hall–Kier alpha value is -2.63. The third-order valence-corrected chi connectivity index (χ3v) is 4.32. The summed E-state index contributed by atoms with van der Waals surface area (Å²) >= 11 is 0. The highest BCUT2D eigenvalue weighted by molar-refractivity contribution is 5.65. The van der Waals surface area contributed by atoms with Crippen LogP contribution in [0.5, 0.6) is 5.75 Å². The first-order valence-electron chi connectivity index (χ1n) is 8.92. The number of esters is 1. The number of carbonyl (C=O) groups excluding carboxylic acids is 1. The van der Waals surface area contributed by atoms with Gasteiger partial charge in [0.15, 0.2) is 0 Å². The van der Waals surface area contributed by atoms with Crippen molar-refractivity contribution < 1.29 is 23.7 Å². The highest BCUT2D eigenvalue weighted by Gasteiger charge is 2.29. The number of rotatable bonds is 7. The van der Waals surface area contributed by atoms with Gasteiger partial charge in [-0.15, -0.1) is 0 Å². The van der Waals surface area contributed by atoms with Crippen molar-refractivity contribution in [1.29, 1.82) is 0 Å². The molecular weight excluding hydrogens is 344 g/mol. The molecule has 0 bridgehead atoms. The first kappa shape index (κ1) is 19.1. The van der Waals surface area contributed by atoms with Gasteiger partial charge in [-0.3, -0.25) is 4.79 Å². The molecule has 3 atom stereocenters. The smallest absolute Gasteiger partial charge is 0.302 e. The second-order valence-electron chi connectivity index (χ2n) is 6.32. The van der Waals surface area contributed by atoms with Crippen LogP contribution < -0.4 is 4.74 Å². The maximum absolute atomic E-state index is 11.2. The van der Waals surface area contributed by atoms with Gasteiger partial charge in [-0.05, 0) is 23.3 Å². The second kappa shape index (κ2) is 9.35. The van der Waals surface area contributed by atoms with Crippen molar-refractivity contribution in [3.05, 3.63) is 77.9 Å². The molecule has 0 fully saturated rings. The van der Waals surface area contributed by atoms with Crippen molar-refractivity contribution in [1.82, 2.24) is 0 Å². The Labute approximate surface area is 159 Å². The minimum absolute atomic E-state index is 0.145. The van der Waals surface area contributed by atoms with E-state index in [9.17, 15) is 4.79 Å². The summed E-state index contributed by atoms with van der Waals surface area (Å²) in [5.41, 5.74) is 2.05. The summed E-state index contributed by atoms with van der Waals surface area (Å²) in [6.07, 6.45) is 3.08. The second-order valence-corrected chi connectivity index (χ2v) is 6.32. The van der Waals surface area contributed by atoms with E-state index in [-0.39, 0.29) is 30.9 Å². The van der Waals surface area contributed by atoms with E-state index in [0.29, 0.717) is 6.61 Å². The molecule has 2 aromatic carbocycles. The molecule has 1 heterocycles. The number of carbonyl (C=O) groups is 1. The fraction of sp³-hybridized carbons (Fsp3) is 0.318. The minimum atomic E-state index is -0.380. The molecule has 0 unspecified atom stereocenters. The Morgan fingerprint density at radius 2 is 1.89 bits per heavy atom. The predicted octanol–water partition coefficient (Wildman–Crippen LogP) is 3.84. The zero-order chi connectivity index (χ0) is 19.1. The Kier molecular flexibility index (Phi) is 6.63. The largest absolute Gasteiger partial charge is 0.497 e. The van der Waals surface area contributed by atoms with Crippen LogP contribution in [0.4, 0.5) is 0 Å². The fourth-order valence-electron chi connectivity index (χ4n) is 2.93. The maximum Gasteiger partial charge on any atom is 0.302 e. The molecule has 0 spiro atoms. The molecular formula is C22H24O5. The maximum atomic E-state index is 11.2. The number of methoxy groups -OCH3 is 1. The van der Waals surface area contributed by atoms with Crippen molar-refractivity contribution in [2.45, 2.75) is 31.8 Å². The van der Waals surface area contributed by atoms with E-state index in [4.69, 9.17) is 18.9 Å². The number of hydrogen-bond donors (Lipinski definition) is 0. The quantitative estimate of drug-likeness (QED) is 0.549. The highest BCUT2D eigenvalue weighted by Crippen LogP contribution is 2.28. The van der Waals surface area contributed by atoms with Crippen molar-refractivity contribution >= 4 is 5.97 Å². The minimum Gasteiger partial charge on any atom is -0.497 e. The molecule has 2 aromatic rings. The van der Waals surface area contributed by atoms with Crippen molar-refractivity contribution in [3.8, 4) is 5.75 Å². The third-order valence-electron chi connectivity index (χ3n) is 4.32. The summed E-state index contributed by atoms with van der Waals surface area (Å²) in [6, 6.07) is 17.6. The van der Waals surface area contributed by atoms with Crippen LogP contribution in [0.1, 0.15) is 24.2 Å². The average Bonchev–Trinajstić information content (AvgIpc) is 2.71. The predicted molar refractivity (Wildman–Crippen MR) is 101 cm³/mol. The number of benzene rings is 2. The van der Waals surface area contributed by atoms with Crippen molar-refractivity contribution in [2.75, 3.05) is 13.7 Å². The molecule has 0 saturated heterocycles. The van der Waals surface area contributed by atoms with Gasteiger partial charge >= 0.3 is 5.97 Å². The summed E-state index contributed by atoms with van der Waals surface area (Å²) in [7, 11) is 1.64. The van der Waals surface area contributed by atoms with Crippen LogP contribution in [0.2, 0.25) is 0 Å². The summed E-state index contributed by atoms with van der Waals surface area (Å²) in [6.45, 7) is 1.94. The summed E-state index contributed by atoms with van der Waals surface area (Å²) in [5, 5.41) is 0. The van der Waals surface area contributed by atoms with Gasteiger partial charge in [-0.25, -0.2) is 0 Å². The first-order valence-corrected chi connectivity index (χ1v) is 8.92. The fourth-order valence-corrected chi connectivity index (χ4v) is 2.93. The van der Waals surface area contributed by atoms with Gasteiger partial charge in [0.1, 0.15) is 30.7 Å². The van der Waals surface area contributed by atoms with Gasteiger partial charge in [0.2, 0.25) is 0 Å². The molecule has 0 N–H and O–H groups in total. The molecule has 3 rings (SSSR count). The van der Waals surface area contributed by atoms with Crippen LogP contribution in [0.25, 0.3) is 0 Å². The van der Waals surface area contributed by atoms with Gasteiger partial charge in [0.25, 0.3) is 0 Å². The topological polar surface area (TPSA) is 54.0 Å². The van der Waals surface area contributed by atoms with Gasteiger partial charge in [-0.2, -0.15) is 0 Å². The SMILES string of the molecule is COc1cccc(CO[C@H]2C=C[C@@H](c3ccccc3)O[C@@H]2COC(C)=O)c1. The Balaban J connectivity index is 1.69. The molecule has 0 aromatic heterocycles. The molecule has 5 nitrogen and oxygen atoms in total. The lowest BCUT2D eigenvalue weighted by Gasteiger charge is -2.32.